The second kappa shape index (κ2) is 13.5. The molecule has 2 atom stereocenters. The Morgan fingerprint density at radius 2 is 1.41 bits per heavy atom. The largest absolute Gasteiger partial charge is 0.336 e. The smallest absolute Gasteiger partial charge is 0.170 e. The molecular weight excluding hydrogens is 373 g/mol. The zero-order valence-corrected chi connectivity index (χ0v) is 21.3. The lowest BCUT2D eigenvalue weighted by molar-refractivity contribution is 0.464. The van der Waals surface area contributed by atoms with Gasteiger partial charge in [-0.05, 0) is 48.6 Å². The molecule has 1 rings (SSSR count). The van der Waals surface area contributed by atoms with Crippen LogP contribution in [-0.2, 0) is 4.57 Å². The molecule has 1 aromatic rings. The van der Waals surface area contributed by atoms with Gasteiger partial charge in [0, 0.05) is 18.0 Å². The summed E-state index contributed by atoms with van der Waals surface area (Å²) in [5, 5.41) is 3.71. The minimum absolute atomic E-state index is 0.426. The summed E-state index contributed by atoms with van der Waals surface area (Å²) >= 11 is 0. The Bertz CT molecular complexity index is 603. The van der Waals surface area contributed by atoms with E-state index in [2.05, 4.69) is 71.8 Å². The van der Waals surface area contributed by atoms with Crippen molar-refractivity contribution in [3.05, 3.63) is 29.3 Å². The topological polar surface area (TPSA) is 29.1 Å². The van der Waals surface area contributed by atoms with E-state index >= 15 is 0 Å². The Labute approximate surface area is 182 Å². The molecule has 0 bridgehead atoms. The zero-order valence-electron chi connectivity index (χ0n) is 20.4. The van der Waals surface area contributed by atoms with Gasteiger partial charge in [-0.1, -0.05) is 98.3 Å². The molecule has 1 aromatic carbocycles. The maximum Gasteiger partial charge on any atom is 0.170 e. The van der Waals surface area contributed by atoms with Crippen LogP contribution < -0.4 is 5.09 Å². The number of rotatable bonds is 15. The Morgan fingerprint density at radius 3 is 1.83 bits per heavy atom. The summed E-state index contributed by atoms with van der Waals surface area (Å²) in [5.74, 6) is 1.54. The van der Waals surface area contributed by atoms with Crippen molar-refractivity contribution in [2.75, 3.05) is 17.4 Å². The highest BCUT2D eigenvalue weighted by Gasteiger charge is 2.30. The van der Waals surface area contributed by atoms with Crippen LogP contribution in [0.1, 0.15) is 110 Å². The van der Waals surface area contributed by atoms with E-state index in [9.17, 15) is 4.57 Å². The summed E-state index contributed by atoms with van der Waals surface area (Å²) in [5.41, 5.74) is 3.66. The Kier molecular flexibility index (Phi) is 12.3. The highest BCUT2D eigenvalue weighted by Crippen LogP contribution is 2.52. The third-order valence-electron chi connectivity index (χ3n) is 6.44. The highest BCUT2D eigenvalue weighted by atomic mass is 31.2. The van der Waals surface area contributed by atoms with Crippen molar-refractivity contribution in [1.29, 1.82) is 0 Å². The normalized spacial score (nSPS) is 15.9. The molecule has 0 aliphatic carbocycles. The van der Waals surface area contributed by atoms with Crippen molar-refractivity contribution in [1.82, 2.24) is 0 Å². The van der Waals surface area contributed by atoms with Crippen molar-refractivity contribution < 1.29 is 4.57 Å². The van der Waals surface area contributed by atoms with Crippen LogP contribution in [-0.4, -0.2) is 12.3 Å². The van der Waals surface area contributed by atoms with E-state index in [4.69, 9.17) is 0 Å². The number of anilines is 1. The molecule has 0 aromatic heterocycles. The highest BCUT2D eigenvalue weighted by molar-refractivity contribution is 7.65. The molecule has 0 saturated heterocycles. The van der Waals surface area contributed by atoms with Crippen LogP contribution in [0.15, 0.2) is 18.2 Å². The summed E-state index contributed by atoms with van der Waals surface area (Å²) in [7, 11) is -2.51. The lowest BCUT2D eigenvalue weighted by Gasteiger charge is -2.30. The molecule has 0 fully saturated rings. The molecule has 0 spiro atoms. The molecule has 0 aliphatic rings. The molecule has 0 amide bonds. The lowest BCUT2D eigenvalue weighted by atomic mass is 9.99. The molecule has 168 valence electrons. The Morgan fingerprint density at radius 1 is 0.897 bits per heavy atom. The first kappa shape index (κ1) is 26.3. The average molecular weight is 422 g/mol. The van der Waals surface area contributed by atoms with Crippen molar-refractivity contribution in [3.63, 3.8) is 0 Å². The van der Waals surface area contributed by atoms with Gasteiger partial charge < -0.3 is 9.65 Å². The van der Waals surface area contributed by atoms with Crippen LogP contribution in [0.5, 0.6) is 0 Å². The van der Waals surface area contributed by atoms with E-state index in [0.717, 1.165) is 30.9 Å². The number of nitrogens with one attached hydrogen (secondary N) is 1. The molecule has 1 N–H and O–H groups in total. The van der Waals surface area contributed by atoms with Gasteiger partial charge in [-0.3, -0.25) is 0 Å². The van der Waals surface area contributed by atoms with E-state index < -0.39 is 7.29 Å². The van der Waals surface area contributed by atoms with E-state index in [1.54, 1.807) is 0 Å². The number of aryl methyl sites for hydroxylation is 1. The van der Waals surface area contributed by atoms with Gasteiger partial charge in [0.05, 0.1) is 0 Å². The standard InChI is InChI=1S/C26H48NOP/c1-8-12-16-23(10-3)19-29(28,20-24(11-4)17-13-9-2)27-26-22(7)15-14-18-25(26)21(5)6/h14-15,18,21,23-24H,8-13,16-17,19-20H2,1-7H3,(H,27,28). The second-order valence-corrected chi connectivity index (χ2v) is 12.1. The molecule has 29 heavy (non-hydrogen) atoms. The number of hydrogen-bond donors (Lipinski definition) is 1. The minimum atomic E-state index is -2.51. The quantitative estimate of drug-likeness (QED) is 0.286. The van der Waals surface area contributed by atoms with Gasteiger partial charge >= 0.3 is 0 Å². The van der Waals surface area contributed by atoms with Crippen molar-refractivity contribution in [2.24, 2.45) is 11.8 Å². The maximum absolute atomic E-state index is 14.5. The van der Waals surface area contributed by atoms with Gasteiger partial charge in [-0.25, -0.2) is 0 Å². The van der Waals surface area contributed by atoms with Crippen LogP contribution in [0.2, 0.25) is 0 Å². The van der Waals surface area contributed by atoms with E-state index in [1.165, 1.54) is 49.7 Å². The molecule has 2 unspecified atom stereocenters. The predicted molar refractivity (Wildman–Crippen MR) is 133 cm³/mol. The summed E-state index contributed by atoms with van der Waals surface area (Å²) in [4.78, 5) is 0. The molecule has 0 aliphatic heterocycles. The SMILES string of the molecule is CCCCC(CC)CP(=O)(CC(CC)CCCC)Nc1c(C)cccc1C(C)C. The van der Waals surface area contributed by atoms with Gasteiger partial charge in [0.2, 0.25) is 0 Å². The first-order valence-electron chi connectivity index (χ1n) is 12.3. The fourth-order valence-corrected chi connectivity index (χ4v) is 7.96. The second-order valence-electron chi connectivity index (χ2n) is 9.39. The van der Waals surface area contributed by atoms with Crippen LogP contribution in [0.4, 0.5) is 5.69 Å². The molecule has 0 radical (unpaired) electrons. The third kappa shape index (κ3) is 8.87. The van der Waals surface area contributed by atoms with Crippen LogP contribution in [0.3, 0.4) is 0 Å². The number of benzene rings is 1. The number of unbranched alkanes of at least 4 members (excludes halogenated alkanes) is 2. The summed E-state index contributed by atoms with van der Waals surface area (Å²) in [6, 6.07) is 6.49. The van der Waals surface area contributed by atoms with E-state index in [1.807, 2.05) is 0 Å². The fourth-order valence-electron chi connectivity index (χ4n) is 4.36. The zero-order chi connectivity index (χ0) is 21.9. The van der Waals surface area contributed by atoms with Gasteiger partial charge in [-0.15, -0.1) is 0 Å². The van der Waals surface area contributed by atoms with Crippen molar-refractivity contribution in [3.8, 4) is 0 Å². The van der Waals surface area contributed by atoms with Gasteiger partial charge in [-0.2, -0.15) is 0 Å². The maximum atomic E-state index is 14.5. The molecule has 0 heterocycles. The first-order chi connectivity index (χ1) is 13.8. The Balaban J connectivity index is 3.20. The summed E-state index contributed by atoms with van der Waals surface area (Å²) < 4.78 is 14.5. The van der Waals surface area contributed by atoms with Crippen LogP contribution >= 0.6 is 7.29 Å². The predicted octanol–water partition coefficient (Wildman–Crippen LogP) is 9.24. The molecule has 2 nitrogen and oxygen atoms in total. The molecule has 0 saturated carbocycles. The number of hydrogen-bond acceptors (Lipinski definition) is 1. The summed E-state index contributed by atoms with van der Waals surface area (Å²) in [6.07, 6.45) is 11.3. The Hall–Kier alpha value is -0.750. The summed E-state index contributed by atoms with van der Waals surface area (Å²) in [6.45, 7) is 15.7. The molecule has 3 heteroatoms. The van der Waals surface area contributed by atoms with E-state index in [0.29, 0.717) is 17.8 Å². The lowest BCUT2D eigenvalue weighted by Crippen LogP contribution is -2.18. The fraction of sp³-hybridized carbons (Fsp3) is 0.769. The van der Waals surface area contributed by atoms with Crippen LogP contribution in [0, 0.1) is 18.8 Å². The average Bonchev–Trinajstić information content (AvgIpc) is 2.69. The van der Waals surface area contributed by atoms with Crippen molar-refractivity contribution in [2.45, 2.75) is 106 Å². The number of para-hydroxylation sites is 1. The third-order valence-corrected chi connectivity index (χ3v) is 9.28. The van der Waals surface area contributed by atoms with Crippen molar-refractivity contribution >= 4 is 13.0 Å². The van der Waals surface area contributed by atoms with Gasteiger partial charge in [0.25, 0.3) is 0 Å². The molecular formula is C26H48NOP. The van der Waals surface area contributed by atoms with Crippen LogP contribution in [0.25, 0.3) is 0 Å². The minimum Gasteiger partial charge on any atom is -0.336 e. The van der Waals surface area contributed by atoms with E-state index in [-0.39, 0.29) is 0 Å². The first-order valence-corrected chi connectivity index (χ1v) is 14.3. The van der Waals surface area contributed by atoms with Gasteiger partial charge in [0.15, 0.2) is 7.29 Å². The van der Waals surface area contributed by atoms with Gasteiger partial charge in [0.1, 0.15) is 0 Å². The monoisotopic (exact) mass is 421 g/mol.